The van der Waals surface area contributed by atoms with Gasteiger partial charge in [-0.05, 0) is 42.0 Å². The zero-order chi connectivity index (χ0) is 17.2. The fourth-order valence-electron chi connectivity index (χ4n) is 2.02. The smallest absolute Gasteiger partial charge is 0.257 e. The standard InChI is InChI=1S/C19H20N2O2S/c1-2-13-20-19(24)21-18(22)16-8-10-17(11-9-16)23-14-12-15-6-4-3-5-7-15/h2-11H,1,12-14H2,(H2,20,21,22,24). The van der Waals surface area contributed by atoms with Gasteiger partial charge in [0.2, 0.25) is 0 Å². The predicted octanol–water partition coefficient (Wildman–Crippen LogP) is 3.10. The van der Waals surface area contributed by atoms with E-state index >= 15 is 0 Å². The van der Waals surface area contributed by atoms with Crippen molar-refractivity contribution in [3.8, 4) is 5.75 Å². The Balaban J connectivity index is 1.80. The van der Waals surface area contributed by atoms with Crippen LogP contribution in [-0.2, 0) is 6.42 Å². The fraction of sp³-hybridized carbons (Fsp3) is 0.158. The molecule has 4 nitrogen and oxygen atoms in total. The molecule has 0 fully saturated rings. The number of carbonyl (C=O) groups excluding carboxylic acids is 1. The number of thiocarbonyl (C=S) groups is 1. The van der Waals surface area contributed by atoms with Crippen molar-refractivity contribution in [3.05, 3.63) is 78.4 Å². The van der Waals surface area contributed by atoms with Crippen LogP contribution in [0.2, 0.25) is 0 Å². The SMILES string of the molecule is C=CCNC(=S)NC(=O)c1ccc(OCCc2ccccc2)cc1. The molecule has 2 aromatic carbocycles. The first-order chi connectivity index (χ1) is 11.7. The predicted molar refractivity (Wildman–Crippen MR) is 100 cm³/mol. The molecule has 24 heavy (non-hydrogen) atoms. The molecule has 0 aliphatic rings. The fourth-order valence-corrected chi connectivity index (χ4v) is 2.19. The van der Waals surface area contributed by atoms with Gasteiger partial charge in [-0.1, -0.05) is 36.4 Å². The molecule has 2 N–H and O–H groups in total. The minimum atomic E-state index is -0.257. The first-order valence-corrected chi connectivity index (χ1v) is 8.06. The maximum absolute atomic E-state index is 12.0. The Morgan fingerprint density at radius 3 is 2.50 bits per heavy atom. The molecule has 0 saturated carbocycles. The van der Waals surface area contributed by atoms with Crippen molar-refractivity contribution < 1.29 is 9.53 Å². The first-order valence-electron chi connectivity index (χ1n) is 7.66. The molecular formula is C19H20N2O2S. The highest BCUT2D eigenvalue weighted by molar-refractivity contribution is 7.80. The third kappa shape index (κ3) is 5.85. The molecule has 0 bridgehead atoms. The molecule has 0 aliphatic heterocycles. The lowest BCUT2D eigenvalue weighted by Crippen LogP contribution is -2.39. The van der Waals surface area contributed by atoms with E-state index in [2.05, 4.69) is 29.3 Å². The van der Waals surface area contributed by atoms with Crippen molar-refractivity contribution in [1.29, 1.82) is 0 Å². The van der Waals surface area contributed by atoms with Gasteiger partial charge in [0.1, 0.15) is 5.75 Å². The van der Waals surface area contributed by atoms with E-state index in [1.165, 1.54) is 5.56 Å². The van der Waals surface area contributed by atoms with Crippen LogP contribution in [0, 0.1) is 0 Å². The molecule has 1 amide bonds. The molecule has 0 atom stereocenters. The van der Waals surface area contributed by atoms with Crippen LogP contribution < -0.4 is 15.4 Å². The average molecular weight is 340 g/mol. The minimum Gasteiger partial charge on any atom is -0.493 e. The van der Waals surface area contributed by atoms with Crippen LogP contribution in [0.4, 0.5) is 0 Å². The number of hydrogen-bond acceptors (Lipinski definition) is 3. The van der Waals surface area contributed by atoms with Gasteiger partial charge in [-0.3, -0.25) is 10.1 Å². The molecule has 0 heterocycles. The third-order valence-electron chi connectivity index (χ3n) is 3.25. The van der Waals surface area contributed by atoms with Crippen molar-refractivity contribution in [3.63, 3.8) is 0 Å². The Morgan fingerprint density at radius 1 is 1.12 bits per heavy atom. The summed E-state index contributed by atoms with van der Waals surface area (Å²) in [5, 5.41) is 5.73. The van der Waals surface area contributed by atoms with Crippen LogP contribution >= 0.6 is 12.2 Å². The number of rotatable bonds is 7. The van der Waals surface area contributed by atoms with E-state index < -0.39 is 0 Å². The normalized spacial score (nSPS) is 9.83. The summed E-state index contributed by atoms with van der Waals surface area (Å²) in [4.78, 5) is 12.0. The molecule has 0 unspecified atom stereocenters. The van der Waals surface area contributed by atoms with Gasteiger partial charge in [0.25, 0.3) is 5.91 Å². The Kier molecular flexibility index (Phi) is 6.98. The van der Waals surface area contributed by atoms with Crippen molar-refractivity contribution in [2.45, 2.75) is 6.42 Å². The minimum absolute atomic E-state index is 0.257. The van der Waals surface area contributed by atoms with Crippen LogP contribution in [0.5, 0.6) is 5.75 Å². The Morgan fingerprint density at radius 2 is 1.83 bits per heavy atom. The van der Waals surface area contributed by atoms with Gasteiger partial charge in [-0.25, -0.2) is 0 Å². The number of amides is 1. The lowest BCUT2D eigenvalue weighted by molar-refractivity contribution is 0.0976. The third-order valence-corrected chi connectivity index (χ3v) is 3.50. The van der Waals surface area contributed by atoms with E-state index in [0.717, 1.165) is 12.2 Å². The van der Waals surface area contributed by atoms with Crippen LogP contribution in [0.1, 0.15) is 15.9 Å². The maximum Gasteiger partial charge on any atom is 0.257 e. The van der Waals surface area contributed by atoms with E-state index in [1.54, 1.807) is 30.3 Å². The summed E-state index contributed by atoms with van der Waals surface area (Å²) in [6.07, 6.45) is 2.51. The highest BCUT2D eigenvalue weighted by atomic mass is 32.1. The summed E-state index contributed by atoms with van der Waals surface area (Å²) >= 11 is 5.01. The summed E-state index contributed by atoms with van der Waals surface area (Å²) in [6, 6.07) is 17.1. The molecule has 0 saturated heterocycles. The first kappa shape index (κ1) is 17.7. The van der Waals surface area contributed by atoms with Crippen LogP contribution in [0.15, 0.2) is 67.3 Å². The van der Waals surface area contributed by atoms with Crippen molar-refractivity contribution >= 4 is 23.2 Å². The number of benzene rings is 2. The Hall–Kier alpha value is -2.66. The number of carbonyl (C=O) groups is 1. The molecule has 0 radical (unpaired) electrons. The molecule has 2 rings (SSSR count). The van der Waals surface area contributed by atoms with Crippen molar-refractivity contribution in [2.24, 2.45) is 0 Å². The second-order valence-electron chi connectivity index (χ2n) is 5.06. The topological polar surface area (TPSA) is 50.4 Å². The van der Waals surface area contributed by atoms with Gasteiger partial charge >= 0.3 is 0 Å². The highest BCUT2D eigenvalue weighted by Crippen LogP contribution is 2.13. The molecule has 124 valence electrons. The number of nitrogens with one attached hydrogen (secondary N) is 2. The maximum atomic E-state index is 12.0. The Labute approximate surface area is 147 Å². The van der Waals surface area contributed by atoms with Gasteiger partial charge in [0, 0.05) is 18.5 Å². The van der Waals surface area contributed by atoms with Crippen LogP contribution in [-0.4, -0.2) is 24.2 Å². The molecule has 0 spiro atoms. The summed E-state index contributed by atoms with van der Waals surface area (Å²) in [5.74, 6) is 0.474. The van der Waals surface area contributed by atoms with Crippen LogP contribution in [0.25, 0.3) is 0 Å². The van der Waals surface area contributed by atoms with Gasteiger partial charge in [0.15, 0.2) is 5.11 Å². The molecule has 5 heteroatoms. The van der Waals surface area contributed by atoms with Gasteiger partial charge in [-0.2, -0.15) is 0 Å². The largest absolute Gasteiger partial charge is 0.493 e. The molecule has 0 aromatic heterocycles. The Bertz CT molecular complexity index is 684. The molecular weight excluding hydrogens is 320 g/mol. The summed E-state index contributed by atoms with van der Waals surface area (Å²) in [5.41, 5.74) is 1.75. The molecule has 2 aromatic rings. The summed E-state index contributed by atoms with van der Waals surface area (Å²) in [6.45, 7) is 4.67. The zero-order valence-electron chi connectivity index (χ0n) is 13.3. The van der Waals surface area contributed by atoms with Crippen molar-refractivity contribution in [1.82, 2.24) is 10.6 Å². The average Bonchev–Trinajstić information content (AvgIpc) is 2.61. The quantitative estimate of drug-likeness (QED) is 0.601. The van der Waals surface area contributed by atoms with E-state index in [4.69, 9.17) is 17.0 Å². The van der Waals surface area contributed by atoms with E-state index in [9.17, 15) is 4.79 Å². The number of ether oxygens (including phenoxy) is 1. The monoisotopic (exact) mass is 340 g/mol. The van der Waals surface area contributed by atoms with Crippen LogP contribution in [0.3, 0.4) is 0 Å². The summed E-state index contributed by atoms with van der Waals surface area (Å²) < 4.78 is 5.70. The lowest BCUT2D eigenvalue weighted by atomic mass is 10.2. The second-order valence-corrected chi connectivity index (χ2v) is 5.47. The zero-order valence-corrected chi connectivity index (χ0v) is 14.1. The number of hydrogen-bond donors (Lipinski definition) is 2. The highest BCUT2D eigenvalue weighted by Gasteiger charge is 2.07. The van der Waals surface area contributed by atoms with E-state index in [-0.39, 0.29) is 11.0 Å². The van der Waals surface area contributed by atoms with E-state index in [0.29, 0.717) is 18.7 Å². The van der Waals surface area contributed by atoms with Gasteiger partial charge in [0.05, 0.1) is 6.61 Å². The molecule has 0 aliphatic carbocycles. The van der Waals surface area contributed by atoms with E-state index in [1.807, 2.05) is 18.2 Å². The lowest BCUT2D eigenvalue weighted by Gasteiger charge is -2.09. The summed E-state index contributed by atoms with van der Waals surface area (Å²) in [7, 11) is 0. The van der Waals surface area contributed by atoms with Crippen molar-refractivity contribution in [2.75, 3.05) is 13.2 Å². The van der Waals surface area contributed by atoms with Gasteiger partial charge < -0.3 is 10.1 Å². The second kappa shape index (κ2) is 9.47. The van der Waals surface area contributed by atoms with Gasteiger partial charge in [-0.15, -0.1) is 6.58 Å².